The van der Waals surface area contributed by atoms with Gasteiger partial charge in [-0.2, -0.15) is 4.98 Å². The maximum Gasteiger partial charge on any atom is 0.247 e. The van der Waals surface area contributed by atoms with Crippen LogP contribution in [0, 0.1) is 18.6 Å². The molecule has 1 saturated heterocycles. The van der Waals surface area contributed by atoms with Crippen LogP contribution in [0.4, 0.5) is 20.4 Å². The van der Waals surface area contributed by atoms with E-state index in [2.05, 4.69) is 20.4 Å². The van der Waals surface area contributed by atoms with Crippen molar-refractivity contribution in [3.05, 3.63) is 54.1 Å². The summed E-state index contributed by atoms with van der Waals surface area (Å²) < 4.78 is 39.4. The van der Waals surface area contributed by atoms with Crippen LogP contribution < -0.4 is 10.1 Å². The lowest BCUT2D eigenvalue weighted by Crippen LogP contribution is -2.25. The molecule has 0 saturated carbocycles. The number of pyridine rings is 1. The van der Waals surface area contributed by atoms with Crippen molar-refractivity contribution in [2.24, 2.45) is 0 Å². The van der Waals surface area contributed by atoms with Crippen molar-refractivity contribution >= 4 is 11.6 Å². The zero-order valence-corrected chi connectivity index (χ0v) is 15.2. The highest BCUT2D eigenvalue weighted by Crippen LogP contribution is 2.25. The summed E-state index contributed by atoms with van der Waals surface area (Å²) in [4.78, 5) is 8.49. The molecule has 0 spiro atoms. The van der Waals surface area contributed by atoms with E-state index in [-0.39, 0.29) is 17.7 Å². The lowest BCUT2D eigenvalue weighted by Gasteiger charge is -2.23. The Balaban J connectivity index is 1.51. The Morgan fingerprint density at radius 3 is 2.61 bits per heavy atom. The van der Waals surface area contributed by atoms with Crippen LogP contribution in [0.1, 0.15) is 18.5 Å². The fourth-order valence-corrected chi connectivity index (χ4v) is 2.93. The van der Waals surface area contributed by atoms with Crippen LogP contribution in [0.5, 0.6) is 5.75 Å². The van der Waals surface area contributed by atoms with E-state index in [4.69, 9.17) is 9.47 Å². The van der Waals surface area contributed by atoms with Gasteiger partial charge in [0.1, 0.15) is 29.8 Å². The maximum absolute atomic E-state index is 13.4. The lowest BCUT2D eigenvalue weighted by atomic mass is 10.1. The summed E-state index contributed by atoms with van der Waals surface area (Å²) in [5.74, 6) is -0.444. The Kier molecular flexibility index (Phi) is 5.16. The molecule has 0 amide bonds. The summed E-state index contributed by atoms with van der Waals surface area (Å²) in [5.41, 5.74) is 1.67. The van der Waals surface area contributed by atoms with Gasteiger partial charge in [0.25, 0.3) is 0 Å². The van der Waals surface area contributed by atoms with Gasteiger partial charge in [0.15, 0.2) is 0 Å². The van der Waals surface area contributed by atoms with Gasteiger partial charge in [0.05, 0.1) is 36.5 Å². The Bertz CT molecular complexity index is 952. The first-order chi connectivity index (χ1) is 13.6. The first-order valence-electron chi connectivity index (χ1n) is 8.93. The van der Waals surface area contributed by atoms with Crippen LogP contribution in [0.3, 0.4) is 0 Å². The van der Waals surface area contributed by atoms with Crippen molar-refractivity contribution in [3.63, 3.8) is 0 Å². The van der Waals surface area contributed by atoms with E-state index >= 15 is 0 Å². The molecule has 28 heavy (non-hydrogen) atoms. The number of rotatable bonds is 5. The number of halogens is 2. The maximum atomic E-state index is 13.4. The molecule has 0 radical (unpaired) electrons. The summed E-state index contributed by atoms with van der Waals surface area (Å²) in [6.45, 7) is 3.23. The van der Waals surface area contributed by atoms with E-state index in [1.54, 1.807) is 6.20 Å². The number of hydrogen-bond acceptors (Lipinski definition) is 6. The molecule has 3 heterocycles. The van der Waals surface area contributed by atoms with Crippen LogP contribution in [0.15, 0.2) is 36.8 Å². The summed E-state index contributed by atoms with van der Waals surface area (Å²) in [7, 11) is 0. The van der Waals surface area contributed by atoms with Crippen molar-refractivity contribution in [1.29, 1.82) is 0 Å². The molecule has 0 unspecified atom stereocenters. The lowest BCUT2D eigenvalue weighted by molar-refractivity contribution is 0.0254. The summed E-state index contributed by atoms with van der Waals surface area (Å²) >= 11 is 0. The monoisotopic (exact) mass is 387 g/mol. The van der Waals surface area contributed by atoms with Gasteiger partial charge >= 0.3 is 0 Å². The van der Waals surface area contributed by atoms with Gasteiger partial charge < -0.3 is 14.8 Å². The van der Waals surface area contributed by atoms with Gasteiger partial charge in [-0.05, 0) is 19.1 Å². The molecular formula is C19H19F2N5O2. The number of anilines is 2. The minimum Gasteiger partial charge on any atom is -0.489 e. The third-order valence-corrected chi connectivity index (χ3v) is 4.38. The molecule has 4 rings (SSSR count). The van der Waals surface area contributed by atoms with E-state index < -0.39 is 11.6 Å². The third-order valence-electron chi connectivity index (χ3n) is 4.38. The zero-order valence-electron chi connectivity index (χ0n) is 15.2. The van der Waals surface area contributed by atoms with E-state index in [9.17, 15) is 8.78 Å². The number of benzene rings is 1. The van der Waals surface area contributed by atoms with Crippen molar-refractivity contribution in [3.8, 4) is 11.4 Å². The van der Waals surface area contributed by atoms with Crippen LogP contribution in [0.2, 0.25) is 0 Å². The number of nitrogens with one attached hydrogen (secondary N) is 1. The summed E-state index contributed by atoms with van der Waals surface area (Å²) in [6.07, 6.45) is 4.84. The Labute approximate surface area is 160 Å². The summed E-state index contributed by atoms with van der Waals surface area (Å²) in [6, 6.07) is 4.99. The van der Waals surface area contributed by atoms with Gasteiger partial charge in [-0.15, -0.1) is 5.10 Å². The SMILES string of the molecule is Cc1ncc(OC2CCOCC2)cc1Nc1ncn(-c2cc(F)cc(F)c2)n1. The number of ether oxygens (including phenoxy) is 2. The van der Waals surface area contributed by atoms with Gasteiger partial charge in [-0.25, -0.2) is 13.5 Å². The van der Waals surface area contributed by atoms with Crippen molar-refractivity contribution < 1.29 is 18.3 Å². The largest absolute Gasteiger partial charge is 0.489 e. The number of aryl methyl sites for hydroxylation is 1. The van der Waals surface area contributed by atoms with Gasteiger partial charge in [-0.3, -0.25) is 4.98 Å². The van der Waals surface area contributed by atoms with E-state index in [0.717, 1.165) is 24.6 Å². The van der Waals surface area contributed by atoms with Crippen LogP contribution in [-0.2, 0) is 4.74 Å². The summed E-state index contributed by atoms with van der Waals surface area (Å²) in [5, 5.41) is 7.29. The molecule has 3 aromatic rings. The van der Waals surface area contributed by atoms with Gasteiger partial charge in [0.2, 0.25) is 5.95 Å². The average Bonchev–Trinajstić information content (AvgIpc) is 3.13. The topological polar surface area (TPSA) is 74.1 Å². The molecule has 1 aliphatic heterocycles. The molecule has 1 N–H and O–H groups in total. The highest BCUT2D eigenvalue weighted by Gasteiger charge is 2.16. The van der Waals surface area contributed by atoms with Gasteiger partial charge in [0, 0.05) is 25.0 Å². The normalized spacial score (nSPS) is 14.8. The molecule has 1 fully saturated rings. The molecule has 146 valence electrons. The smallest absolute Gasteiger partial charge is 0.247 e. The zero-order chi connectivity index (χ0) is 19.5. The first kappa shape index (κ1) is 18.3. The average molecular weight is 387 g/mol. The Hall–Kier alpha value is -3.07. The van der Waals surface area contributed by atoms with E-state index in [0.29, 0.717) is 24.7 Å². The highest BCUT2D eigenvalue weighted by molar-refractivity contribution is 5.58. The molecule has 1 aliphatic rings. The van der Waals surface area contributed by atoms with Crippen molar-refractivity contribution in [2.75, 3.05) is 18.5 Å². The van der Waals surface area contributed by atoms with Crippen LogP contribution in [-0.4, -0.2) is 39.1 Å². The predicted molar refractivity (Wildman–Crippen MR) is 98.0 cm³/mol. The second-order valence-corrected chi connectivity index (χ2v) is 6.50. The highest BCUT2D eigenvalue weighted by atomic mass is 19.1. The molecule has 9 heteroatoms. The van der Waals surface area contributed by atoms with Crippen molar-refractivity contribution in [1.82, 2.24) is 19.7 Å². The fraction of sp³-hybridized carbons (Fsp3) is 0.316. The minimum atomic E-state index is -0.682. The van der Waals surface area contributed by atoms with Crippen LogP contribution >= 0.6 is 0 Å². The van der Waals surface area contributed by atoms with Crippen LogP contribution in [0.25, 0.3) is 5.69 Å². The van der Waals surface area contributed by atoms with Crippen molar-refractivity contribution in [2.45, 2.75) is 25.9 Å². The fourth-order valence-electron chi connectivity index (χ4n) is 2.93. The Morgan fingerprint density at radius 2 is 1.86 bits per heavy atom. The molecular weight excluding hydrogens is 368 g/mol. The molecule has 2 aromatic heterocycles. The third kappa shape index (κ3) is 4.25. The predicted octanol–water partition coefficient (Wildman–Crippen LogP) is 3.55. The second kappa shape index (κ2) is 7.89. The molecule has 7 nitrogen and oxygen atoms in total. The molecule has 1 aromatic carbocycles. The standard InChI is InChI=1S/C19H19F2N5O2/c1-12-18(9-17(10-22-12)28-16-2-4-27-5-3-16)24-19-23-11-26(25-19)15-7-13(20)6-14(21)8-15/h6-11,16H,2-5H2,1H3,(H,24,25). The minimum absolute atomic E-state index is 0.103. The van der Waals surface area contributed by atoms with E-state index in [1.165, 1.54) is 23.1 Å². The molecule has 0 bridgehead atoms. The number of nitrogens with zero attached hydrogens (tertiary/aromatic N) is 4. The Morgan fingerprint density at radius 1 is 1.11 bits per heavy atom. The second-order valence-electron chi connectivity index (χ2n) is 6.50. The molecule has 0 atom stereocenters. The number of aromatic nitrogens is 4. The van der Waals surface area contributed by atoms with E-state index in [1.807, 2.05) is 13.0 Å². The molecule has 0 aliphatic carbocycles. The number of hydrogen-bond donors (Lipinski definition) is 1. The first-order valence-corrected chi connectivity index (χ1v) is 8.93. The quantitative estimate of drug-likeness (QED) is 0.722. The van der Waals surface area contributed by atoms with Gasteiger partial charge in [-0.1, -0.05) is 0 Å².